The van der Waals surface area contributed by atoms with E-state index in [1.807, 2.05) is 0 Å². The fourth-order valence-corrected chi connectivity index (χ4v) is 2.82. The highest BCUT2D eigenvalue weighted by molar-refractivity contribution is 9.10. The summed E-state index contributed by atoms with van der Waals surface area (Å²) in [6.45, 7) is 1.83. The maximum atomic E-state index is 10.3. The Hall–Kier alpha value is -0.390. The number of hydrogen-bond donors (Lipinski definition) is 2. The third-order valence-electron chi connectivity index (χ3n) is 2.22. The highest BCUT2D eigenvalue weighted by Crippen LogP contribution is 2.22. The van der Waals surface area contributed by atoms with Crippen molar-refractivity contribution >= 4 is 33.2 Å². The van der Waals surface area contributed by atoms with Gasteiger partial charge in [-0.2, -0.15) is 0 Å². The zero-order valence-electron chi connectivity index (χ0n) is 9.04. The first-order valence-electron chi connectivity index (χ1n) is 5.34. The average Bonchev–Trinajstić information content (AvgIpc) is 2.62. The molecule has 0 bridgehead atoms. The summed E-state index contributed by atoms with van der Waals surface area (Å²) in [7, 11) is 0. The van der Waals surface area contributed by atoms with Gasteiger partial charge in [-0.25, -0.2) is 0 Å². The van der Waals surface area contributed by atoms with Crippen LogP contribution in [-0.4, -0.2) is 17.6 Å². The van der Waals surface area contributed by atoms with Gasteiger partial charge in [-0.05, 0) is 46.8 Å². The van der Waals surface area contributed by atoms with Crippen molar-refractivity contribution in [2.75, 3.05) is 6.54 Å². The van der Waals surface area contributed by atoms with Crippen LogP contribution in [0.2, 0.25) is 0 Å². The van der Waals surface area contributed by atoms with Crippen molar-refractivity contribution in [1.82, 2.24) is 5.32 Å². The maximum Gasteiger partial charge on any atom is 0.303 e. The molecule has 1 rings (SSSR count). The van der Waals surface area contributed by atoms with E-state index >= 15 is 0 Å². The van der Waals surface area contributed by atoms with Crippen molar-refractivity contribution in [3.8, 4) is 0 Å². The summed E-state index contributed by atoms with van der Waals surface area (Å²) < 4.78 is 1.16. The number of halogens is 1. The van der Waals surface area contributed by atoms with Gasteiger partial charge in [-0.1, -0.05) is 6.42 Å². The molecule has 0 aliphatic carbocycles. The van der Waals surface area contributed by atoms with E-state index in [4.69, 9.17) is 5.11 Å². The van der Waals surface area contributed by atoms with Gasteiger partial charge in [0.1, 0.15) is 0 Å². The van der Waals surface area contributed by atoms with Gasteiger partial charge in [0.2, 0.25) is 0 Å². The summed E-state index contributed by atoms with van der Waals surface area (Å²) in [4.78, 5) is 11.6. The number of nitrogens with one attached hydrogen (secondary N) is 1. The van der Waals surface area contributed by atoms with E-state index in [-0.39, 0.29) is 6.42 Å². The van der Waals surface area contributed by atoms with E-state index in [0.717, 1.165) is 36.8 Å². The molecule has 0 aliphatic rings. The Morgan fingerprint density at radius 1 is 1.44 bits per heavy atom. The molecule has 1 aromatic rings. The lowest BCUT2D eigenvalue weighted by Crippen LogP contribution is -2.14. The molecule has 0 atom stereocenters. The number of carboxylic acids is 1. The highest BCUT2D eigenvalue weighted by Gasteiger charge is 2.00. The molecule has 0 aliphatic heterocycles. The van der Waals surface area contributed by atoms with Crippen molar-refractivity contribution in [3.63, 3.8) is 0 Å². The molecule has 0 spiro atoms. The lowest BCUT2D eigenvalue weighted by atomic mass is 10.2. The predicted octanol–water partition coefficient (Wildman–Crippen LogP) is 3.25. The van der Waals surface area contributed by atoms with Crippen molar-refractivity contribution in [2.24, 2.45) is 0 Å². The van der Waals surface area contributed by atoms with E-state index in [0.29, 0.717) is 0 Å². The van der Waals surface area contributed by atoms with Crippen LogP contribution in [-0.2, 0) is 11.3 Å². The second-order valence-electron chi connectivity index (χ2n) is 3.57. The molecule has 5 heteroatoms. The molecule has 0 aromatic carbocycles. The van der Waals surface area contributed by atoms with Crippen LogP contribution >= 0.6 is 27.3 Å². The summed E-state index contributed by atoms with van der Waals surface area (Å²) in [5.74, 6) is -0.699. The van der Waals surface area contributed by atoms with Gasteiger partial charge in [0.25, 0.3) is 0 Å². The lowest BCUT2D eigenvalue weighted by molar-refractivity contribution is -0.137. The fourth-order valence-electron chi connectivity index (χ4n) is 1.36. The second kappa shape index (κ2) is 7.81. The first kappa shape index (κ1) is 13.7. The number of unbranched alkanes of at least 4 members (excludes halogenated alkanes) is 2. The lowest BCUT2D eigenvalue weighted by Gasteiger charge is -2.03. The first-order chi connectivity index (χ1) is 7.70. The summed E-state index contributed by atoms with van der Waals surface area (Å²) in [5, 5.41) is 13.9. The van der Waals surface area contributed by atoms with E-state index in [1.165, 1.54) is 4.88 Å². The molecule has 0 saturated carbocycles. The van der Waals surface area contributed by atoms with Crippen LogP contribution in [0.15, 0.2) is 15.9 Å². The number of carbonyl (C=O) groups is 1. The van der Waals surface area contributed by atoms with Crippen molar-refractivity contribution < 1.29 is 9.90 Å². The van der Waals surface area contributed by atoms with Gasteiger partial charge in [0, 0.05) is 22.3 Å². The number of rotatable bonds is 8. The van der Waals surface area contributed by atoms with Crippen molar-refractivity contribution in [2.45, 2.75) is 32.2 Å². The Balaban J connectivity index is 1.96. The summed E-state index contributed by atoms with van der Waals surface area (Å²) >= 11 is 5.22. The SMILES string of the molecule is O=C(O)CCCCCNCc1sccc1Br. The van der Waals surface area contributed by atoms with Gasteiger partial charge < -0.3 is 10.4 Å². The van der Waals surface area contributed by atoms with Crippen LogP contribution in [0.4, 0.5) is 0 Å². The van der Waals surface area contributed by atoms with Crippen LogP contribution in [0.1, 0.15) is 30.6 Å². The zero-order chi connectivity index (χ0) is 11.8. The molecule has 16 heavy (non-hydrogen) atoms. The molecule has 0 radical (unpaired) electrons. The average molecular weight is 306 g/mol. The third kappa shape index (κ3) is 5.63. The van der Waals surface area contributed by atoms with Gasteiger partial charge in [0.05, 0.1) is 0 Å². The second-order valence-corrected chi connectivity index (χ2v) is 5.43. The van der Waals surface area contributed by atoms with E-state index in [2.05, 4.69) is 32.7 Å². The Labute approximate surface area is 108 Å². The zero-order valence-corrected chi connectivity index (χ0v) is 11.4. The molecule has 90 valence electrons. The van der Waals surface area contributed by atoms with Gasteiger partial charge >= 0.3 is 5.97 Å². The molecular formula is C11H16BrNO2S. The fraction of sp³-hybridized carbons (Fsp3) is 0.545. The minimum atomic E-state index is -0.699. The summed E-state index contributed by atoms with van der Waals surface area (Å²) in [6.07, 6.45) is 3.08. The van der Waals surface area contributed by atoms with Crippen molar-refractivity contribution in [1.29, 1.82) is 0 Å². The molecule has 3 nitrogen and oxygen atoms in total. The number of aliphatic carboxylic acids is 1. The normalized spacial score (nSPS) is 10.6. The molecular weight excluding hydrogens is 290 g/mol. The number of thiophene rings is 1. The van der Waals surface area contributed by atoms with Crippen LogP contribution < -0.4 is 5.32 Å². The van der Waals surface area contributed by atoms with Gasteiger partial charge in [-0.15, -0.1) is 11.3 Å². The Morgan fingerprint density at radius 2 is 2.25 bits per heavy atom. The molecule has 2 N–H and O–H groups in total. The van der Waals surface area contributed by atoms with E-state index in [9.17, 15) is 4.79 Å². The molecule has 0 amide bonds. The van der Waals surface area contributed by atoms with Crippen LogP contribution in [0.3, 0.4) is 0 Å². The van der Waals surface area contributed by atoms with Gasteiger partial charge in [-0.3, -0.25) is 4.79 Å². The molecule has 0 saturated heterocycles. The Bertz CT molecular complexity index is 328. The minimum Gasteiger partial charge on any atom is -0.481 e. The molecule has 1 aromatic heterocycles. The highest BCUT2D eigenvalue weighted by atomic mass is 79.9. The third-order valence-corrected chi connectivity index (χ3v) is 4.15. The van der Waals surface area contributed by atoms with Crippen LogP contribution in [0.5, 0.6) is 0 Å². The molecule has 0 unspecified atom stereocenters. The minimum absolute atomic E-state index is 0.288. The predicted molar refractivity (Wildman–Crippen MR) is 69.8 cm³/mol. The van der Waals surface area contributed by atoms with Crippen LogP contribution in [0.25, 0.3) is 0 Å². The Kier molecular flexibility index (Phi) is 6.68. The van der Waals surface area contributed by atoms with E-state index in [1.54, 1.807) is 11.3 Å². The number of carboxylic acid groups (broad SMARTS) is 1. The first-order valence-corrected chi connectivity index (χ1v) is 7.02. The van der Waals surface area contributed by atoms with Crippen LogP contribution in [0, 0.1) is 0 Å². The Morgan fingerprint density at radius 3 is 2.88 bits per heavy atom. The summed E-state index contributed by atoms with van der Waals surface area (Å²) in [6, 6.07) is 2.05. The monoisotopic (exact) mass is 305 g/mol. The standard InChI is InChI=1S/C11H16BrNO2S/c12-9-5-7-16-10(9)8-13-6-3-1-2-4-11(14)15/h5,7,13H,1-4,6,8H2,(H,14,15). The smallest absolute Gasteiger partial charge is 0.303 e. The molecule has 1 heterocycles. The summed E-state index contributed by atoms with van der Waals surface area (Å²) in [5.41, 5.74) is 0. The van der Waals surface area contributed by atoms with E-state index < -0.39 is 5.97 Å². The van der Waals surface area contributed by atoms with Gasteiger partial charge in [0.15, 0.2) is 0 Å². The largest absolute Gasteiger partial charge is 0.481 e. The number of hydrogen-bond acceptors (Lipinski definition) is 3. The molecule has 0 fully saturated rings. The topological polar surface area (TPSA) is 49.3 Å². The maximum absolute atomic E-state index is 10.3. The van der Waals surface area contributed by atoms with Crippen molar-refractivity contribution in [3.05, 3.63) is 20.8 Å². The quantitative estimate of drug-likeness (QED) is 0.725.